The van der Waals surface area contributed by atoms with Gasteiger partial charge in [-0.3, -0.25) is 4.57 Å². The molecule has 0 bridgehead atoms. The number of rotatable bonds is 6. The van der Waals surface area contributed by atoms with Crippen LogP contribution in [0, 0.1) is 6.92 Å². The molecule has 3 heteroatoms. The van der Waals surface area contributed by atoms with E-state index in [2.05, 4.69) is 40.5 Å². The van der Waals surface area contributed by atoms with Gasteiger partial charge in [0.05, 0.1) is 11.9 Å². The lowest BCUT2D eigenvalue weighted by atomic mass is 10.2. The zero-order valence-corrected chi connectivity index (χ0v) is 11.6. The molecule has 1 N–H and O–H groups in total. The lowest BCUT2D eigenvalue weighted by molar-refractivity contribution is 0.544. The number of aryl methyl sites for hydroxylation is 1. The maximum Gasteiger partial charge on any atom is 0.110 e. The Morgan fingerprint density at radius 2 is 2.11 bits per heavy atom. The average molecular weight is 255 g/mol. The van der Waals surface area contributed by atoms with Crippen molar-refractivity contribution in [3.8, 4) is 5.69 Å². The molecule has 2 aromatic rings. The number of imidazole rings is 1. The van der Waals surface area contributed by atoms with E-state index in [0.717, 1.165) is 24.5 Å². The molecule has 19 heavy (non-hydrogen) atoms. The number of hydrogen-bond acceptors (Lipinski definition) is 2. The predicted molar refractivity (Wildman–Crippen MR) is 79.4 cm³/mol. The predicted octanol–water partition coefficient (Wildman–Crippen LogP) is 3.23. The fraction of sp³-hybridized carbons (Fsp3) is 0.312. The van der Waals surface area contributed by atoms with Crippen molar-refractivity contribution in [1.82, 2.24) is 14.9 Å². The van der Waals surface area contributed by atoms with Crippen LogP contribution in [0.1, 0.15) is 24.9 Å². The molecule has 100 valence electrons. The Labute approximate surface area is 115 Å². The molecular weight excluding hydrogens is 234 g/mol. The van der Waals surface area contributed by atoms with Gasteiger partial charge in [-0.05, 0) is 32.4 Å². The number of nitrogens with zero attached hydrogens (tertiary/aromatic N) is 2. The molecule has 0 fully saturated rings. The highest BCUT2D eigenvalue weighted by Gasteiger charge is 2.09. The highest BCUT2D eigenvalue weighted by molar-refractivity contribution is 5.35. The number of hydrogen-bond donors (Lipinski definition) is 1. The van der Waals surface area contributed by atoms with Gasteiger partial charge in [0, 0.05) is 18.3 Å². The van der Waals surface area contributed by atoms with Crippen LogP contribution >= 0.6 is 0 Å². The van der Waals surface area contributed by atoms with Crippen LogP contribution in [0.15, 0.2) is 49.2 Å². The third kappa shape index (κ3) is 3.32. The van der Waals surface area contributed by atoms with E-state index >= 15 is 0 Å². The summed E-state index contributed by atoms with van der Waals surface area (Å²) in [7, 11) is 0. The number of para-hydroxylation sites is 1. The van der Waals surface area contributed by atoms with Gasteiger partial charge in [0.15, 0.2) is 0 Å². The van der Waals surface area contributed by atoms with Gasteiger partial charge in [-0.1, -0.05) is 24.3 Å². The van der Waals surface area contributed by atoms with E-state index in [0.29, 0.717) is 6.04 Å². The van der Waals surface area contributed by atoms with E-state index in [1.54, 1.807) is 0 Å². The molecule has 1 heterocycles. The second kappa shape index (κ2) is 6.34. The summed E-state index contributed by atoms with van der Waals surface area (Å²) in [6.45, 7) is 8.77. The Balaban J connectivity index is 2.16. The zero-order chi connectivity index (χ0) is 13.7. The second-order valence-electron chi connectivity index (χ2n) is 4.77. The number of aromatic nitrogens is 2. The van der Waals surface area contributed by atoms with Crippen molar-refractivity contribution in [3.05, 3.63) is 60.7 Å². The average Bonchev–Trinajstić information content (AvgIpc) is 2.79. The number of nitrogens with one attached hydrogen (secondary N) is 1. The molecule has 2 rings (SSSR count). The third-order valence-electron chi connectivity index (χ3n) is 3.18. The van der Waals surface area contributed by atoms with E-state index < -0.39 is 0 Å². The van der Waals surface area contributed by atoms with Crippen LogP contribution in [-0.2, 0) is 6.54 Å². The fourth-order valence-electron chi connectivity index (χ4n) is 2.16. The van der Waals surface area contributed by atoms with Crippen molar-refractivity contribution in [2.75, 3.05) is 0 Å². The Kier molecular flexibility index (Phi) is 4.53. The smallest absolute Gasteiger partial charge is 0.110 e. The van der Waals surface area contributed by atoms with E-state index in [1.165, 1.54) is 5.69 Å². The summed E-state index contributed by atoms with van der Waals surface area (Å²) in [6.07, 6.45) is 4.85. The normalized spacial score (nSPS) is 12.3. The van der Waals surface area contributed by atoms with Crippen molar-refractivity contribution in [2.45, 2.75) is 32.9 Å². The first kappa shape index (κ1) is 13.6. The fourth-order valence-corrected chi connectivity index (χ4v) is 2.16. The Morgan fingerprint density at radius 3 is 2.79 bits per heavy atom. The van der Waals surface area contributed by atoms with Crippen molar-refractivity contribution in [1.29, 1.82) is 0 Å². The Morgan fingerprint density at radius 1 is 1.37 bits per heavy atom. The zero-order valence-electron chi connectivity index (χ0n) is 11.6. The van der Waals surface area contributed by atoms with Gasteiger partial charge in [-0.2, -0.15) is 0 Å². The minimum absolute atomic E-state index is 0.428. The molecule has 0 aliphatic heterocycles. The molecule has 1 aromatic carbocycles. The van der Waals surface area contributed by atoms with E-state index in [9.17, 15) is 0 Å². The van der Waals surface area contributed by atoms with Crippen LogP contribution in [0.2, 0.25) is 0 Å². The monoisotopic (exact) mass is 255 g/mol. The Bertz CT molecular complexity index is 528. The summed E-state index contributed by atoms with van der Waals surface area (Å²) in [5, 5.41) is 3.49. The molecule has 1 atom stereocenters. The van der Waals surface area contributed by atoms with Crippen LogP contribution in [0.3, 0.4) is 0 Å². The standard InChI is InChI=1S/C16H21N3/c1-4-8-13(2)17-11-16-12-18-14(3)19(16)15-9-6-5-7-10-15/h4-7,9-10,12-13,17H,1,8,11H2,2-3H3. The molecular formula is C16H21N3. The van der Waals surface area contributed by atoms with Gasteiger partial charge < -0.3 is 5.32 Å². The minimum Gasteiger partial charge on any atom is -0.308 e. The largest absolute Gasteiger partial charge is 0.308 e. The van der Waals surface area contributed by atoms with Gasteiger partial charge in [-0.25, -0.2) is 4.98 Å². The van der Waals surface area contributed by atoms with E-state index in [-0.39, 0.29) is 0 Å². The van der Waals surface area contributed by atoms with E-state index in [4.69, 9.17) is 0 Å². The molecule has 0 spiro atoms. The topological polar surface area (TPSA) is 29.9 Å². The van der Waals surface area contributed by atoms with Crippen LogP contribution in [0.5, 0.6) is 0 Å². The summed E-state index contributed by atoms with van der Waals surface area (Å²) in [6, 6.07) is 10.8. The van der Waals surface area contributed by atoms with E-state index in [1.807, 2.05) is 37.4 Å². The summed E-state index contributed by atoms with van der Waals surface area (Å²) in [4.78, 5) is 4.42. The van der Waals surface area contributed by atoms with Gasteiger partial charge >= 0.3 is 0 Å². The molecule has 3 nitrogen and oxygen atoms in total. The summed E-state index contributed by atoms with van der Waals surface area (Å²) in [5.41, 5.74) is 2.34. The van der Waals surface area contributed by atoms with Crippen LogP contribution < -0.4 is 5.32 Å². The summed E-state index contributed by atoms with van der Waals surface area (Å²) in [5.74, 6) is 1.01. The van der Waals surface area contributed by atoms with Crippen molar-refractivity contribution in [3.63, 3.8) is 0 Å². The molecule has 0 saturated carbocycles. The van der Waals surface area contributed by atoms with Crippen molar-refractivity contribution >= 4 is 0 Å². The second-order valence-corrected chi connectivity index (χ2v) is 4.77. The highest BCUT2D eigenvalue weighted by atomic mass is 15.1. The molecule has 0 radical (unpaired) electrons. The van der Waals surface area contributed by atoms with Gasteiger partial charge in [0.1, 0.15) is 5.82 Å². The van der Waals surface area contributed by atoms with Gasteiger partial charge in [0.25, 0.3) is 0 Å². The van der Waals surface area contributed by atoms with Gasteiger partial charge in [0.2, 0.25) is 0 Å². The van der Waals surface area contributed by atoms with Crippen LogP contribution in [-0.4, -0.2) is 15.6 Å². The summed E-state index contributed by atoms with van der Waals surface area (Å²) >= 11 is 0. The maximum absolute atomic E-state index is 4.42. The molecule has 0 amide bonds. The lowest BCUT2D eigenvalue weighted by Gasteiger charge is -2.14. The van der Waals surface area contributed by atoms with Gasteiger partial charge in [-0.15, -0.1) is 6.58 Å². The molecule has 1 aromatic heterocycles. The highest BCUT2D eigenvalue weighted by Crippen LogP contribution is 2.14. The molecule has 0 aliphatic rings. The minimum atomic E-state index is 0.428. The molecule has 0 aliphatic carbocycles. The summed E-state index contributed by atoms with van der Waals surface area (Å²) < 4.78 is 2.19. The quantitative estimate of drug-likeness (QED) is 0.803. The molecule has 1 unspecified atom stereocenters. The Hall–Kier alpha value is -1.87. The number of benzene rings is 1. The first-order valence-electron chi connectivity index (χ1n) is 6.65. The van der Waals surface area contributed by atoms with Crippen molar-refractivity contribution < 1.29 is 0 Å². The first-order valence-corrected chi connectivity index (χ1v) is 6.65. The van der Waals surface area contributed by atoms with Crippen LogP contribution in [0.4, 0.5) is 0 Å². The van der Waals surface area contributed by atoms with Crippen LogP contribution in [0.25, 0.3) is 5.69 Å². The SMILES string of the molecule is C=CCC(C)NCc1cnc(C)n1-c1ccccc1. The lowest BCUT2D eigenvalue weighted by Crippen LogP contribution is -2.25. The molecule has 0 saturated heterocycles. The third-order valence-corrected chi connectivity index (χ3v) is 3.18. The van der Waals surface area contributed by atoms with Crippen molar-refractivity contribution in [2.24, 2.45) is 0 Å². The maximum atomic E-state index is 4.42. The first-order chi connectivity index (χ1) is 9.22.